The lowest BCUT2D eigenvalue weighted by Gasteiger charge is -2.14. The van der Waals surface area contributed by atoms with Gasteiger partial charge in [0.15, 0.2) is 5.75 Å². The number of Topliss-reactive ketones (excluding diaryl/α,β-unsaturated/α-hetero) is 1. The standard InChI is InChI=1S/C19H19Cl2NO4/c1-10(2)14-8-13(4-5-17(14)24)26-18-15(20)6-12(7-16(18)21)19(25)22-9-11(3)23/h4-8,10,24H,9H2,1-3H3,(H,22,25). The lowest BCUT2D eigenvalue weighted by molar-refractivity contribution is -0.116. The molecule has 138 valence electrons. The van der Waals surface area contributed by atoms with E-state index < -0.39 is 5.91 Å². The summed E-state index contributed by atoms with van der Waals surface area (Å²) in [5.74, 6) is 0.339. The van der Waals surface area contributed by atoms with E-state index in [9.17, 15) is 14.7 Å². The van der Waals surface area contributed by atoms with Crippen LogP contribution in [0.1, 0.15) is 42.6 Å². The Morgan fingerprint density at radius 3 is 2.31 bits per heavy atom. The van der Waals surface area contributed by atoms with E-state index in [1.165, 1.54) is 25.1 Å². The van der Waals surface area contributed by atoms with Gasteiger partial charge in [0, 0.05) is 11.1 Å². The minimum atomic E-state index is -0.456. The number of benzene rings is 2. The number of ketones is 1. The summed E-state index contributed by atoms with van der Waals surface area (Å²) in [5.41, 5.74) is 0.956. The van der Waals surface area contributed by atoms with Crippen LogP contribution in [0.3, 0.4) is 0 Å². The highest BCUT2D eigenvalue weighted by molar-refractivity contribution is 6.37. The molecule has 5 nitrogen and oxygen atoms in total. The fraction of sp³-hybridized carbons (Fsp3) is 0.263. The van der Waals surface area contributed by atoms with Crippen molar-refractivity contribution in [2.75, 3.05) is 6.54 Å². The van der Waals surface area contributed by atoms with Gasteiger partial charge in [-0.15, -0.1) is 0 Å². The molecule has 0 saturated heterocycles. The molecular weight excluding hydrogens is 377 g/mol. The van der Waals surface area contributed by atoms with E-state index in [-0.39, 0.29) is 45.4 Å². The largest absolute Gasteiger partial charge is 0.508 e. The summed E-state index contributed by atoms with van der Waals surface area (Å²) < 4.78 is 5.76. The number of ether oxygens (including phenoxy) is 1. The molecule has 1 amide bonds. The molecule has 0 radical (unpaired) electrons. The van der Waals surface area contributed by atoms with E-state index in [4.69, 9.17) is 27.9 Å². The second-order valence-corrected chi connectivity index (χ2v) is 6.95. The molecule has 2 aromatic carbocycles. The third kappa shape index (κ3) is 4.90. The molecule has 0 aliphatic heterocycles. The Bertz CT molecular complexity index is 826. The molecule has 2 N–H and O–H groups in total. The van der Waals surface area contributed by atoms with Gasteiger partial charge < -0.3 is 15.2 Å². The minimum Gasteiger partial charge on any atom is -0.508 e. The van der Waals surface area contributed by atoms with Crippen LogP contribution in [0.2, 0.25) is 10.0 Å². The number of hydrogen-bond donors (Lipinski definition) is 2. The van der Waals surface area contributed by atoms with Crippen LogP contribution in [-0.2, 0) is 4.79 Å². The van der Waals surface area contributed by atoms with Gasteiger partial charge in [0.05, 0.1) is 16.6 Å². The lowest BCUT2D eigenvalue weighted by atomic mass is 10.0. The molecule has 0 heterocycles. The highest BCUT2D eigenvalue weighted by Crippen LogP contribution is 2.39. The molecule has 0 aromatic heterocycles. The number of phenols is 1. The van der Waals surface area contributed by atoms with Crippen molar-refractivity contribution in [3.05, 3.63) is 51.5 Å². The van der Waals surface area contributed by atoms with Gasteiger partial charge in [-0.1, -0.05) is 37.0 Å². The third-order valence-corrected chi connectivity index (χ3v) is 4.16. The van der Waals surface area contributed by atoms with E-state index in [1.807, 2.05) is 13.8 Å². The van der Waals surface area contributed by atoms with Crippen molar-refractivity contribution in [2.45, 2.75) is 26.7 Å². The van der Waals surface area contributed by atoms with Gasteiger partial charge in [-0.2, -0.15) is 0 Å². The average molecular weight is 396 g/mol. The van der Waals surface area contributed by atoms with E-state index >= 15 is 0 Å². The Morgan fingerprint density at radius 1 is 1.15 bits per heavy atom. The summed E-state index contributed by atoms with van der Waals surface area (Å²) in [6.45, 7) is 5.21. The van der Waals surface area contributed by atoms with Crippen LogP contribution in [0.25, 0.3) is 0 Å². The molecule has 7 heteroatoms. The van der Waals surface area contributed by atoms with E-state index in [2.05, 4.69) is 5.32 Å². The van der Waals surface area contributed by atoms with Gasteiger partial charge in [0.25, 0.3) is 5.91 Å². The fourth-order valence-electron chi connectivity index (χ4n) is 2.27. The van der Waals surface area contributed by atoms with Crippen molar-refractivity contribution in [3.63, 3.8) is 0 Å². The number of rotatable bonds is 6. The molecule has 2 rings (SSSR count). The first-order valence-corrected chi connectivity index (χ1v) is 8.72. The Kier molecular flexibility index (Phi) is 6.51. The Morgan fingerprint density at radius 2 is 1.77 bits per heavy atom. The topological polar surface area (TPSA) is 75.6 Å². The van der Waals surface area contributed by atoms with Gasteiger partial charge in [0.2, 0.25) is 0 Å². The summed E-state index contributed by atoms with van der Waals surface area (Å²) in [4.78, 5) is 23.0. The first kappa shape index (κ1) is 20.1. The van der Waals surface area contributed by atoms with Crippen LogP contribution in [0, 0.1) is 0 Å². The Balaban J connectivity index is 2.27. The Labute approximate surface area is 161 Å². The van der Waals surface area contributed by atoms with Crippen molar-refractivity contribution in [1.82, 2.24) is 5.32 Å². The summed E-state index contributed by atoms with van der Waals surface area (Å²) in [6.07, 6.45) is 0. The van der Waals surface area contributed by atoms with Crippen LogP contribution >= 0.6 is 23.2 Å². The van der Waals surface area contributed by atoms with Crippen molar-refractivity contribution in [3.8, 4) is 17.2 Å². The molecule has 0 bridgehead atoms. The molecule has 0 spiro atoms. The molecule has 2 aromatic rings. The smallest absolute Gasteiger partial charge is 0.251 e. The zero-order valence-corrected chi connectivity index (χ0v) is 16.1. The molecular formula is C19H19Cl2NO4. The molecule has 26 heavy (non-hydrogen) atoms. The first-order valence-electron chi connectivity index (χ1n) is 7.96. The van der Waals surface area contributed by atoms with Crippen LogP contribution in [-0.4, -0.2) is 23.3 Å². The first-order chi connectivity index (χ1) is 12.2. The number of carbonyl (C=O) groups excluding carboxylic acids is 2. The van der Waals surface area contributed by atoms with Crippen LogP contribution in [0.5, 0.6) is 17.2 Å². The number of halogens is 2. The molecule has 0 aliphatic carbocycles. The highest BCUT2D eigenvalue weighted by Gasteiger charge is 2.16. The van der Waals surface area contributed by atoms with Crippen molar-refractivity contribution in [2.24, 2.45) is 0 Å². The minimum absolute atomic E-state index is 0.0716. The maximum absolute atomic E-state index is 12.0. The average Bonchev–Trinajstić information content (AvgIpc) is 2.56. The van der Waals surface area contributed by atoms with Gasteiger partial charge >= 0.3 is 0 Å². The van der Waals surface area contributed by atoms with Crippen molar-refractivity contribution in [1.29, 1.82) is 0 Å². The monoisotopic (exact) mass is 395 g/mol. The number of nitrogens with one attached hydrogen (secondary N) is 1. The van der Waals surface area contributed by atoms with Gasteiger partial charge in [-0.3, -0.25) is 9.59 Å². The molecule has 0 fully saturated rings. The van der Waals surface area contributed by atoms with Gasteiger partial charge in [-0.05, 0) is 43.2 Å². The zero-order chi connectivity index (χ0) is 19.4. The SMILES string of the molecule is CC(=O)CNC(=O)c1cc(Cl)c(Oc2ccc(O)c(C(C)C)c2)c(Cl)c1. The zero-order valence-electron chi connectivity index (χ0n) is 14.6. The summed E-state index contributed by atoms with van der Waals surface area (Å²) >= 11 is 12.4. The van der Waals surface area contributed by atoms with E-state index in [1.54, 1.807) is 12.1 Å². The number of carbonyl (C=O) groups is 2. The second kappa shape index (κ2) is 8.43. The Hall–Kier alpha value is -2.24. The predicted molar refractivity (Wildman–Crippen MR) is 102 cm³/mol. The summed E-state index contributed by atoms with van der Waals surface area (Å²) in [6, 6.07) is 7.68. The predicted octanol–water partition coefficient (Wildman–Crippen LogP) is 4.93. The number of aromatic hydroxyl groups is 1. The van der Waals surface area contributed by atoms with Gasteiger partial charge in [0.1, 0.15) is 17.3 Å². The molecule has 0 atom stereocenters. The summed E-state index contributed by atoms with van der Waals surface area (Å²) in [5, 5.41) is 12.7. The van der Waals surface area contributed by atoms with E-state index in [0.717, 1.165) is 5.56 Å². The van der Waals surface area contributed by atoms with Crippen molar-refractivity contribution < 1.29 is 19.4 Å². The molecule has 0 aliphatic rings. The fourth-order valence-corrected chi connectivity index (χ4v) is 2.84. The van der Waals surface area contributed by atoms with Gasteiger partial charge in [-0.25, -0.2) is 0 Å². The van der Waals surface area contributed by atoms with E-state index in [0.29, 0.717) is 5.75 Å². The number of amides is 1. The quantitative estimate of drug-likeness (QED) is 0.726. The maximum atomic E-state index is 12.0. The third-order valence-electron chi connectivity index (χ3n) is 3.60. The highest BCUT2D eigenvalue weighted by atomic mass is 35.5. The van der Waals surface area contributed by atoms with Crippen LogP contribution in [0.4, 0.5) is 0 Å². The maximum Gasteiger partial charge on any atom is 0.251 e. The molecule has 0 unspecified atom stereocenters. The molecule has 0 saturated carbocycles. The van der Waals surface area contributed by atoms with Crippen LogP contribution < -0.4 is 10.1 Å². The lowest BCUT2D eigenvalue weighted by Crippen LogP contribution is -2.28. The number of phenolic OH excluding ortho intramolecular Hbond substituents is 1. The van der Waals surface area contributed by atoms with Crippen molar-refractivity contribution >= 4 is 34.9 Å². The number of hydrogen-bond acceptors (Lipinski definition) is 4. The second-order valence-electron chi connectivity index (χ2n) is 6.13. The normalized spacial score (nSPS) is 10.7. The summed E-state index contributed by atoms with van der Waals surface area (Å²) in [7, 11) is 0. The van der Waals surface area contributed by atoms with Crippen LogP contribution in [0.15, 0.2) is 30.3 Å².